The molecule has 6 heteroatoms. The first-order valence-electron chi connectivity index (χ1n) is 11.4. The summed E-state index contributed by atoms with van der Waals surface area (Å²) in [6, 6.07) is 18.2. The molecule has 3 heterocycles. The molecule has 0 bridgehead atoms. The normalized spacial score (nSPS) is 13.7. The van der Waals surface area contributed by atoms with Crippen LogP contribution in [-0.4, -0.2) is 39.0 Å². The van der Waals surface area contributed by atoms with Crippen molar-refractivity contribution in [3.8, 4) is 5.69 Å². The maximum Gasteiger partial charge on any atom is 0.174 e. The highest BCUT2D eigenvalue weighted by atomic mass is 15.5. The number of benzene rings is 2. The smallest absolute Gasteiger partial charge is 0.174 e. The molecule has 5 rings (SSSR count). The van der Waals surface area contributed by atoms with Crippen LogP contribution in [0.15, 0.2) is 86.0 Å². The van der Waals surface area contributed by atoms with Gasteiger partial charge in [0, 0.05) is 24.3 Å². The maximum absolute atomic E-state index is 4.96. The van der Waals surface area contributed by atoms with Crippen molar-refractivity contribution in [3.63, 3.8) is 0 Å². The van der Waals surface area contributed by atoms with E-state index < -0.39 is 0 Å². The van der Waals surface area contributed by atoms with Crippen LogP contribution in [0.3, 0.4) is 0 Å². The Bertz CT molecular complexity index is 1330. The molecule has 4 aromatic rings. The fraction of sp³-hybridized carbons (Fsp3) is 0.179. The molecule has 2 aromatic heterocycles. The first kappa shape index (κ1) is 21.6. The Morgan fingerprint density at radius 1 is 0.824 bits per heavy atom. The molecule has 0 aliphatic carbocycles. The zero-order valence-corrected chi connectivity index (χ0v) is 19.6. The summed E-state index contributed by atoms with van der Waals surface area (Å²) in [5.74, 6) is 1.73. The van der Waals surface area contributed by atoms with Crippen LogP contribution in [0.25, 0.3) is 22.8 Å². The summed E-state index contributed by atoms with van der Waals surface area (Å²) >= 11 is 0. The van der Waals surface area contributed by atoms with E-state index in [1.54, 1.807) is 0 Å². The van der Waals surface area contributed by atoms with Crippen molar-refractivity contribution in [2.75, 3.05) is 22.9 Å². The zero-order chi connectivity index (χ0) is 23.7. The first-order chi connectivity index (χ1) is 16.6. The molecule has 1 aliphatic heterocycles. The highest BCUT2D eigenvalue weighted by molar-refractivity contribution is 5.84. The molecular formula is C28H28N6. The lowest BCUT2D eigenvalue weighted by molar-refractivity contribution is 0.718. The van der Waals surface area contributed by atoms with Crippen LogP contribution < -0.4 is 9.80 Å². The van der Waals surface area contributed by atoms with Crippen molar-refractivity contribution in [2.24, 2.45) is 0 Å². The quantitative estimate of drug-likeness (QED) is 0.351. The summed E-state index contributed by atoms with van der Waals surface area (Å²) in [6.45, 7) is 13.4. The number of hydrogen-bond donors (Lipinski definition) is 0. The van der Waals surface area contributed by atoms with Crippen LogP contribution in [0.2, 0.25) is 0 Å². The van der Waals surface area contributed by atoms with Gasteiger partial charge < -0.3 is 9.80 Å². The summed E-state index contributed by atoms with van der Waals surface area (Å²) in [6.07, 6.45) is 8.11. The van der Waals surface area contributed by atoms with Crippen molar-refractivity contribution >= 4 is 28.7 Å². The summed E-state index contributed by atoms with van der Waals surface area (Å²) < 4.78 is 2.00. The molecule has 0 amide bonds. The van der Waals surface area contributed by atoms with E-state index in [4.69, 9.17) is 15.1 Å². The van der Waals surface area contributed by atoms with Crippen molar-refractivity contribution in [3.05, 3.63) is 103 Å². The van der Waals surface area contributed by atoms with E-state index in [2.05, 4.69) is 54.2 Å². The molecule has 0 unspecified atom stereocenters. The van der Waals surface area contributed by atoms with Gasteiger partial charge in [0.15, 0.2) is 11.6 Å². The highest BCUT2D eigenvalue weighted by Gasteiger charge is 2.36. The number of hydrogen-bond acceptors (Lipinski definition) is 5. The van der Waals surface area contributed by atoms with Gasteiger partial charge in [-0.25, -0.2) is 14.6 Å². The lowest BCUT2D eigenvalue weighted by Gasteiger charge is -2.28. The number of anilines is 2. The second-order valence-electron chi connectivity index (χ2n) is 8.35. The Morgan fingerprint density at radius 3 is 1.94 bits per heavy atom. The molecule has 0 N–H and O–H groups in total. The second kappa shape index (κ2) is 8.98. The Balaban J connectivity index is 1.57. The fourth-order valence-corrected chi connectivity index (χ4v) is 4.56. The van der Waals surface area contributed by atoms with E-state index in [1.165, 1.54) is 0 Å². The summed E-state index contributed by atoms with van der Waals surface area (Å²) in [5.41, 5.74) is 6.02. The SMILES string of the molecule is C=CCN1c2nc3ccccc3nc2N(CC=C)C1/C=C/c1c(C)nn(-c2ccccc2)c1C. The number of fused-ring (bicyclic) bond motifs is 2. The average Bonchev–Trinajstić information content (AvgIpc) is 3.30. The molecule has 0 spiro atoms. The van der Waals surface area contributed by atoms with Crippen LogP contribution in [0, 0.1) is 13.8 Å². The molecule has 0 atom stereocenters. The Morgan fingerprint density at radius 2 is 1.38 bits per heavy atom. The summed E-state index contributed by atoms with van der Waals surface area (Å²) in [5, 5.41) is 4.79. The zero-order valence-electron chi connectivity index (χ0n) is 19.6. The van der Waals surface area contributed by atoms with Gasteiger partial charge in [-0.1, -0.05) is 48.6 Å². The third-order valence-corrected chi connectivity index (χ3v) is 6.15. The number of nitrogens with zero attached hydrogens (tertiary/aromatic N) is 6. The average molecular weight is 449 g/mol. The summed E-state index contributed by atoms with van der Waals surface area (Å²) in [7, 11) is 0. The molecule has 0 radical (unpaired) electrons. The summed E-state index contributed by atoms with van der Waals surface area (Å²) in [4.78, 5) is 14.4. The first-order valence-corrected chi connectivity index (χ1v) is 11.4. The molecule has 34 heavy (non-hydrogen) atoms. The van der Waals surface area contributed by atoms with E-state index in [1.807, 2.05) is 66.2 Å². The van der Waals surface area contributed by atoms with E-state index in [-0.39, 0.29) is 6.17 Å². The largest absolute Gasteiger partial charge is 0.326 e. The number of aromatic nitrogens is 4. The molecule has 6 nitrogen and oxygen atoms in total. The third kappa shape index (κ3) is 3.67. The monoisotopic (exact) mass is 448 g/mol. The van der Waals surface area contributed by atoms with Crippen LogP contribution in [0.4, 0.5) is 11.6 Å². The lowest BCUT2D eigenvalue weighted by atomic mass is 10.1. The molecule has 0 saturated heterocycles. The van der Waals surface area contributed by atoms with Crippen LogP contribution in [-0.2, 0) is 0 Å². The van der Waals surface area contributed by atoms with Crippen molar-refractivity contribution in [1.29, 1.82) is 0 Å². The number of rotatable bonds is 7. The Hall–Kier alpha value is -4.19. The number of aryl methyl sites for hydroxylation is 1. The maximum atomic E-state index is 4.96. The predicted octanol–water partition coefficient (Wildman–Crippen LogP) is 5.47. The molecule has 0 fully saturated rings. The Labute approximate surface area is 200 Å². The highest BCUT2D eigenvalue weighted by Crippen LogP contribution is 2.38. The molecule has 2 aromatic carbocycles. The van der Waals surface area contributed by atoms with Crippen molar-refractivity contribution in [2.45, 2.75) is 20.0 Å². The van der Waals surface area contributed by atoms with Gasteiger partial charge in [0.25, 0.3) is 0 Å². The minimum absolute atomic E-state index is 0.0679. The molecular weight excluding hydrogens is 420 g/mol. The van der Waals surface area contributed by atoms with E-state index in [0.29, 0.717) is 13.1 Å². The van der Waals surface area contributed by atoms with Gasteiger partial charge >= 0.3 is 0 Å². The number of para-hydroxylation sites is 3. The fourth-order valence-electron chi connectivity index (χ4n) is 4.56. The Kier molecular flexibility index (Phi) is 5.72. The minimum atomic E-state index is -0.0679. The lowest BCUT2D eigenvalue weighted by Crippen LogP contribution is -2.42. The van der Waals surface area contributed by atoms with E-state index in [9.17, 15) is 0 Å². The molecule has 1 aliphatic rings. The molecule has 170 valence electrons. The van der Waals surface area contributed by atoms with Crippen LogP contribution in [0.5, 0.6) is 0 Å². The van der Waals surface area contributed by atoms with Crippen LogP contribution in [0.1, 0.15) is 17.0 Å². The van der Waals surface area contributed by atoms with Gasteiger partial charge in [0.2, 0.25) is 0 Å². The predicted molar refractivity (Wildman–Crippen MR) is 140 cm³/mol. The van der Waals surface area contributed by atoms with Crippen molar-refractivity contribution < 1.29 is 0 Å². The van der Waals surface area contributed by atoms with Gasteiger partial charge in [-0.2, -0.15) is 5.10 Å². The van der Waals surface area contributed by atoms with E-state index >= 15 is 0 Å². The standard InChI is InChI=1S/C28H28N6/c1-5-18-32-26(17-16-23-20(3)31-34(21(23)4)22-12-8-7-9-13-22)33(19-6-2)28-27(32)29-24-14-10-11-15-25(24)30-28/h5-17,26H,1-2,18-19H2,3-4H3/b17-16+. The van der Waals surface area contributed by atoms with Crippen molar-refractivity contribution in [1.82, 2.24) is 19.7 Å². The minimum Gasteiger partial charge on any atom is -0.326 e. The second-order valence-corrected chi connectivity index (χ2v) is 8.35. The van der Waals surface area contributed by atoms with Crippen LogP contribution >= 0.6 is 0 Å². The third-order valence-electron chi connectivity index (χ3n) is 6.15. The molecule has 0 saturated carbocycles. The van der Waals surface area contributed by atoms with Gasteiger partial charge in [0.1, 0.15) is 6.17 Å². The topological polar surface area (TPSA) is 50.1 Å². The van der Waals surface area contributed by atoms with Gasteiger partial charge in [-0.15, -0.1) is 13.2 Å². The van der Waals surface area contributed by atoms with Gasteiger partial charge in [-0.3, -0.25) is 0 Å². The van der Waals surface area contributed by atoms with E-state index in [0.717, 1.165) is 45.3 Å². The van der Waals surface area contributed by atoms with Gasteiger partial charge in [0.05, 0.1) is 22.4 Å². The van der Waals surface area contributed by atoms with Gasteiger partial charge in [-0.05, 0) is 44.2 Å².